The minimum absolute atomic E-state index is 0.0505. The Morgan fingerprint density at radius 3 is 2.50 bits per heavy atom. The summed E-state index contributed by atoms with van der Waals surface area (Å²) in [6, 6.07) is 11.1. The van der Waals surface area contributed by atoms with Crippen LogP contribution in [0.2, 0.25) is 0 Å². The van der Waals surface area contributed by atoms with Crippen LogP contribution < -0.4 is 4.90 Å². The van der Waals surface area contributed by atoms with Crippen molar-refractivity contribution in [3.63, 3.8) is 0 Å². The fourth-order valence-electron chi connectivity index (χ4n) is 3.16. The third kappa shape index (κ3) is 4.75. The molecule has 8 heteroatoms. The maximum atomic E-state index is 12.3. The van der Waals surface area contributed by atoms with E-state index in [1.807, 2.05) is 4.90 Å². The number of Topliss-reactive ketones (excluding diaryl/α,β-unsaturated/α-hetero) is 1. The average Bonchev–Trinajstić information content (AvgIpc) is 2.72. The number of carbonyl (C=O) groups is 2. The topological polar surface area (TPSA) is 89.8 Å². The van der Waals surface area contributed by atoms with Gasteiger partial charge in [0.15, 0.2) is 12.4 Å². The molecule has 1 fully saturated rings. The van der Waals surface area contributed by atoms with Gasteiger partial charge in [-0.15, -0.1) is 0 Å². The van der Waals surface area contributed by atoms with E-state index in [0.29, 0.717) is 11.3 Å². The van der Waals surface area contributed by atoms with E-state index in [1.54, 1.807) is 30.3 Å². The van der Waals surface area contributed by atoms with Crippen molar-refractivity contribution in [3.8, 4) is 0 Å². The predicted octanol–water partition coefficient (Wildman–Crippen LogP) is 4.39. The smallest absolute Gasteiger partial charge is 0.338 e. The number of piperidine rings is 1. The monoisotopic (exact) mass is 446 g/mol. The van der Waals surface area contributed by atoms with Gasteiger partial charge in [-0.25, -0.2) is 4.79 Å². The van der Waals surface area contributed by atoms with Crippen molar-refractivity contribution in [3.05, 3.63) is 68.2 Å². The summed E-state index contributed by atoms with van der Waals surface area (Å²) in [4.78, 5) is 37.4. The van der Waals surface area contributed by atoms with E-state index in [0.717, 1.165) is 36.8 Å². The Morgan fingerprint density at radius 1 is 1.07 bits per heavy atom. The van der Waals surface area contributed by atoms with Gasteiger partial charge in [0.05, 0.1) is 10.5 Å². The SMILES string of the molecule is O=C(COC(=O)c1ccc(N2CCCCC2)c([N+](=O)[O-])c1)c1cccc(Br)c1. The highest BCUT2D eigenvalue weighted by atomic mass is 79.9. The van der Waals surface area contributed by atoms with Crippen molar-refractivity contribution < 1.29 is 19.2 Å². The first-order valence-electron chi connectivity index (χ1n) is 8.95. The summed E-state index contributed by atoms with van der Waals surface area (Å²) in [5, 5.41) is 11.5. The summed E-state index contributed by atoms with van der Waals surface area (Å²) >= 11 is 3.28. The lowest BCUT2D eigenvalue weighted by molar-refractivity contribution is -0.384. The second-order valence-electron chi connectivity index (χ2n) is 6.52. The van der Waals surface area contributed by atoms with Crippen LogP contribution >= 0.6 is 15.9 Å². The van der Waals surface area contributed by atoms with Gasteiger partial charge in [-0.1, -0.05) is 28.1 Å². The molecule has 0 atom stereocenters. The summed E-state index contributed by atoms with van der Waals surface area (Å²) < 4.78 is 5.81. The molecule has 0 amide bonds. The number of anilines is 1. The van der Waals surface area contributed by atoms with Crippen LogP contribution in [0, 0.1) is 10.1 Å². The Bertz CT molecular complexity index is 909. The van der Waals surface area contributed by atoms with Crippen molar-refractivity contribution in [1.82, 2.24) is 0 Å². The molecule has 2 aromatic carbocycles. The molecule has 0 saturated carbocycles. The van der Waals surface area contributed by atoms with Crippen molar-refractivity contribution in [2.24, 2.45) is 0 Å². The van der Waals surface area contributed by atoms with E-state index in [1.165, 1.54) is 12.1 Å². The Labute approximate surface area is 170 Å². The van der Waals surface area contributed by atoms with Gasteiger partial charge >= 0.3 is 5.97 Å². The lowest BCUT2D eigenvalue weighted by Gasteiger charge is -2.28. The number of benzene rings is 2. The second kappa shape index (κ2) is 8.97. The molecule has 0 aromatic heterocycles. The average molecular weight is 447 g/mol. The summed E-state index contributed by atoms with van der Waals surface area (Å²) in [6.07, 6.45) is 3.08. The standard InChI is InChI=1S/C20H19BrN2O5/c21-16-6-4-5-14(11-16)19(24)13-28-20(25)15-7-8-17(18(12-15)23(26)27)22-9-2-1-3-10-22/h4-8,11-12H,1-3,9-10,13H2. The molecule has 0 aliphatic carbocycles. The number of ketones is 1. The van der Waals surface area contributed by atoms with Gasteiger partial charge in [0.2, 0.25) is 0 Å². The van der Waals surface area contributed by atoms with Gasteiger partial charge in [-0.3, -0.25) is 14.9 Å². The maximum Gasteiger partial charge on any atom is 0.338 e. The zero-order valence-electron chi connectivity index (χ0n) is 15.1. The fourth-order valence-corrected chi connectivity index (χ4v) is 3.56. The minimum Gasteiger partial charge on any atom is -0.454 e. The highest BCUT2D eigenvalue weighted by Gasteiger charge is 2.24. The van der Waals surface area contributed by atoms with Gasteiger partial charge in [-0.2, -0.15) is 0 Å². The number of ether oxygens (including phenoxy) is 1. The lowest BCUT2D eigenvalue weighted by atomic mass is 10.1. The highest BCUT2D eigenvalue weighted by Crippen LogP contribution is 2.31. The summed E-state index contributed by atoms with van der Waals surface area (Å²) in [7, 11) is 0. The third-order valence-corrected chi connectivity index (χ3v) is 5.08. The van der Waals surface area contributed by atoms with Crippen LogP contribution in [0.3, 0.4) is 0 Å². The van der Waals surface area contributed by atoms with E-state index >= 15 is 0 Å². The molecule has 0 unspecified atom stereocenters. The normalized spacial score (nSPS) is 13.8. The van der Waals surface area contributed by atoms with Gasteiger partial charge in [0.25, 0.3) is 5.69 Å². The van der Waals surface area contributed by atoms with Crippen LogP contribution in [-0.4, -0.2) is 36.4 Å². The molecule has 2 aromatic rings. The first kappa shape index (κ1) is 20.0. The molecule has 1 heterocycles. The number of carbonyl (C=O) groups excluding carboxylic acids is 2. The first-order chi connectivity index (χ1) is 13.5. The zero-order chi connectivity index (χ0) is 20.1. The molecular formula is C20H19BrN2O5. The van der Waals surface area contributed by atoms with Gasteiger partial charge in [-0.05, 0) is 43.5 Å². The van der Waals surface area contributed by atoms with Gasteiger partial charge in [0.1, 0.15) is 5.69 Å². The Morgan fingerprint density at radius 2 is 1.82 bits per heavy atom. The molecule has 0 N–H and O–H groups in total. The minimum atomic E-state index is -0.767. The third-order valence-electron chi connectivity index (χ3n) is 4.59. The van der Waals surface area contributed by atoms with Crippen LogP contribution in [0.5, 0.6) is 0 Å². The summed E-state index contributed by atoms with van der Waals surface area (Å²) in [5.41, 5.74) is 0.837. The molecule has 3 rings (SSSR count). The summed E-state index contributed by atoms with van der Waals surface area (Å²) in [6.45, 7) is 1.08. The van der Waals surface area contributed by atoms with Crippen LogP contribution in [0.15, 0.2) is 46.9 Å². The quantitative estimate of drug-likeness (QED) is 0.283. The molecule has 1 aliphatic rings. The van der Waals surface area contributed by atoms with Crippen LogP contribution in [-0.2, 0) is 4.74 Å². The predicted molar refractivity (Wildman–Crippen MR) is 108 cm³/mol. The van der Waals surface area contributed by atoms with E-state index in [-0.39, 0.29) is 17.0 Å². The number of nitro benzene ring substituents is 1. The molecule has 28 heavy (non-hydrogen) atoms. The number of hydrogen-bond donors (Lipinski definition) is 0. The lowest BCUT2D eigenvalue weighted by Crippen LogP contribution is -2.30. The van der Waals surface area contributed by atoms with Crippen molar-refractivity contribution in [2.45, 2.75) is 19.3 Å². The highest BCUT2D eigenvalue weighted by molar-refractivity contribution is 9.10. The molecule has 1 aliphatic heterocycles. The first-order valence-corrected chi connectivity index (χ1v) is 9.74. The summed E-state index contributed by atoms with van der Waals surface area (Å²) in [5.74, 6) is -1.12. The number of hydrogen-bond acceptors (Lipinski definition) is 6. The van der Waals surface area contributed by atoms with Crippen molar-refractivity contribution in [2.75, 3.05) is 24.6 Å². The fraction of sp³-hybridized carbons (Fsp3) is 0.300. The van der Waals surface area contributed by atoms with Gasteiger partial charge < -0.3 is 9.64 Å². The van der Waals surface area contributed by atoms with E-state index in [2.05, 4.69) is 15.9 Å². The molecule has 0 radical (unpaired) electrons. The van der Waals surface area contributed by atoms with Crippen LogP contribution in [0.4, 0.5) is 11.4 Å². The largest absolute Gasteiger partial charge is 0.454 e. The van der Waals surface area contributed by atoms with Crippen molar-refractivity contribution >= 4 is 39.1 Å². The number of nitrogens with zero attached hydrogens (tertiary/aromatic N) is 2. The molecule has 0 bridgehead atoms. The van der Waals surface area contributed by atoms with E-state index in [4.69, 9.17) is 4.74 Å². The van der Waals surface area contributed by atoms with Crippen molar-refractivity contribution in [1.29, 1.82) is 0 Å². The Balaban J connectivity index is 1.72. The van der Waals surface area contributed by atoms with E-state index in [9.17, 15) is 19.7 Å². The molecule has 146 valence electrons. The maximum absolute atomic E-state index is 12.3. The molecule has 1 saturated heterocycles. The zero-order valence-corrected chi connectivity index (χ0v) is 16.7. The number of nitro groups is 1. The Kier molecular flexibility index (Phi) is 6.41. The second-order valence-corrected chi connectivity index (χ2v) is 7.43. The molecule has 7 nitrogen and oxygen atoms in total. The molecule has 0 spiro atoms. The van der Waals surface area contributed by atoms with E-state index < -0.39 is 17.5 Å². The van der Waals surface area contributed by atoms with Crippen LogP contribution in [0.1, 0.15) is 40.0 Å². The number of esters is 1. The number of halogens is 1. The van der Waals surface area contributed by atoms with Gasteiger partial charge in [0, 0.05) is 29.2 Å². The number of rotatable bonds is 6. The van der Waals surface area contributed by atoms with Crippen LogP contribution in [0.25, 0.3) is 0 Å². The Hall–Kier alpha value is -2.74. The molecular weight excluding hydrogens is 428 g/mol.